The third-order valence-electron chi connectivity index (χ3n) is 12.0. The second kappa shape index (κ2) is 13.4. The standard InChI is InChI=1S/C48H22F4N4O2S4/c1-47(2)28-8-20(6-26-39(19(16-53)17-54)22-10-32(49)34(51)12-24(22)41(26)57)59-43(28)45-30(47)14-37(61-45)38-15-31-46(62-38)44-29(48(31,3)4)9-21(60-44)7-27-40(36(18-55)56-5)23-11-33(50)35(52)13-25(23)42(27)58/h6-15H,1-4H3/b26-6-,27-7-,40-36+. The van der Waals surface area contributed by atoms with Crippen LogP contribution in [0, 0.1) is 63.8 Å². The van der Waals surface area contributed by atoms with Gasteiger partial charge in [0.1, 0.15) is 17.7 Å². The van der Waals surface area contributed by atoms with Gasteiger partial charge < -0.3 is 0 Å². The topological polar surface area (TPSA) is 110 Å². The van der Waals surface area contributed by atoms with E-state index in [-0.39, 0.29) is 55.8 Å². The van der Waals surface area contributed by atoms with Crippen LogP contribution < -0.4 is 0 Å². The Morgan fingerprint density at radius 2 is 0.935 bits per heavy atom. The van der Waals surface area contributed by atoms with E-state index < -0.39 is 45.7 Å². The lowest BCUT2D eigenvalue weighted by Gasteiger charge is -2.19. The number of hydrogen-bond donors (Lipinski definition) is 0. The molecule has 4 aliphatic carbocycles. The second-order valence-electron chi connectivity index (χ2n) is 16.1. The molecule has 4 aromatic heterocycles. The minimum atomic E-state index is -1.20. The number of nitriles is 3. The van der Waals surface area contributed by atoms with Crippen LogP contribution >= 0.6 is 45.3 Å². The number of benzene rings is 2. The summed E-state index contributed by atoms with van der Waals surface area (Å²) < 4.78 is 57.3. The number of fused-ring (bicyclic) bond motifs is 8. The monoisotopic (exact) mass is 890 g/mol. The summed E-state index contributed by atoms with van der Waals surface area (Å²) in [6.07, 6.45) is 3.19. The highest BCUT2D eigenvalue weighted by Crippen LogP contribution is 2.61. The minimum Gasteiger partial charge on any atom is -0.289 e. The average molecular weight is 891 g/mol. The van der Waals surface area contributed by atoms with Gasteiger partial charge in [-0.25, -0.2) is 27.7 Å². The molecular formula is C48H22F4N4O2S4. The quantitative estimate of drug-likeness (QED) is 0.0761. The molecule has 6 aromatic rings. The second-order valence-corrected chi connectivity index (χ2v) is 20.3. The number of rotatable bonds is 3. The van der Waals surface area contributed by atoms with E-state index in [1.807, 2.05) is 18.2 Å². The van der Waals surface area contributed by atoms with Crippen LogP contribution in [0.5, 0.6) is 0 Å². The van der Waals surface area contributed by atoms with Crippen LogP contribution in [0.2, 0.25) is 0 Å². The molecule has 10 rings (SSSR count). The van der Waals surface area contributed by atoms with Crippen molar-refractivity contribution in [1.82, 2.24) is 0 Å². The number of carbonyl (C=O) groups excluding carboxylic acids is 2. The summed E-state index contributed by atoms with van der Waals surface area (Å²) in [5.41, 5.74) is 2.59. The zero-order chi connectivity index (χ0) is 43.9. The third kappa shape index (κ3) is 5.32. The van der Waals surface area contributed by atoms with Crippen molar-refractivity contribution < 1.29 is 27.2 Å². The molecule has 0 spiro atoms. The Morgan fingerprint density at radius 1 is 0.565 bits per heavy atom. The van der Waals surface area contributed by atoms with Crippen molar-refractivity contribution >= 4 is 80.2 Å². The van der Waals surface area contributed by atoms with Crippen molar-refractivity contribution in [2.75, 3.05) is 0 Å². The van der Waals surface area contributed by atoms with Crippen molar-refractivity contribution in [3.8, 4) is 47.5 Å². The molecule has 14 heteroatoms. The van der Waals surface area contributed by atoms with Gasteiger partial charge >= 0.3 is 0 Å². The number of Topliss-reactive ketones (excluding diaryl/α,β-unsaturated/α-hetero) is 2. The van der Waals surface area contributed by atoms with Gasteiger partial charge in [0, 0.05) is 83.3 Å². The number of carbonyl (C=O) groups is 2. The Morgan fingerprint density at radius 3 is 1.34 bits per heavy atom. The number of nitrogens with zero attached hydrogens (tertiary/aromatic N) is 4. The van der Waals surface area contributed by atoms with Crippen LogP contribution in [0.1, 0.15) is 91.5 Å². The van der Waals surface area contributed by atoms with Crippen LogP contribution in [-0.4, -0.2) is 11.6 Å². The maximum atomic E-state index is 14.4. The molecule has 0 saturated heterocycles. The van der Waals surface area contributed by atoms with Gasteiger partial charge in [-0.3, -0.25) is 9.59 Å². The van der Waals surface area contributed by atoms with Gasteiger partial charge in [0.25, 0.3) is 5.70 Å². The molecular weight excluding hydrogens is 869 g/mol. The van der Waals surface area contributed by atoms with E-state index in [0.29, 0.717) is 9.75 Å². The third-order valence-corrected chi connectivity index (χ3v) is 17.0. The Kier molecular flexibility index (Phi) is 8.48. The zero-order valence-corrected chi connectivity index (χ0v) is 35.8. The van der Waals surface area contributed by atoms with E-state index in [1.54, 1.807) is 47.0 Å². The van der Waals surface area contributed by atoms with E-state index >= 15 is 0 Å². The van der Waals surface area contributed by atoms with Crippen molar-refractivity contribution in [3.63, 3.8) is 0 Å². The predicted octanol–water partition coefficient (Wildman–Crippen LogP) is 13.3. The average Bonchev–Trinajstić information content (AvgIpc) is 4.11. The summed E-state index contributed by atoms with van der Waals surface area (Å²) in [5, 5.41) is 29.3. The molecule has 0 fully saturated rings. The van der Waals surface area contributed by atoms with Gasteiger partial charge in [0.05, 0.1) is 12.6 Å². The first kappa shape index (κ1) is 39.4. The van der Waals surface area contributed by atoms with Crippen LogP contribution in [0.4, 0.5) is 17.6 Å². The Labute approximate surface area is 367 Å². The number of allylic oxidation sites excluding steroid dienone is 6. The number of ketones is 2. The lowest BCUT2D eigenvalue weighted by Crippen LogP contribution is -2.14. The van der Waals surface area contributed by atoms with Crippen molar-refractivity contribution in [2.24, 2.45) is 0 Å². The highest BCUT2D eigenvalue weighted by atomic mass is 32.1. The molecule has 298 valence electrons. The Bertz CT molecular complexity index is 3240. The first-order chi connectivity index (χ1) is 29.5. The lowest BCUT2D eigenvalue weighted by molar-refractivity contribution is 0.103. The molecule has 4 aliphatic rings. The molecule has 0 N–H and O–H groups in total. The summed E-state index contributed by atoms with van der Waals surface area (Å²) >= 11 is 6.22. The van der Waals surface area contributed by atoms with E-state index in [2.05, 4.69) is 44.7 Å². The van der Waals surface area contributed by atoms with Gasteiger partial charge in [0.15, 0.2) is 34.8 Å². The fraction of sp³-hybridized carbons (Fsp3) is 0.125. The van der Waals surface area contributed by atoms with Crippen LogP contribution in [0.3, 0.4) is 0 Å². The molecule has 62 heavy (non-hydrogen) atoms. The molecule has 0 bridgehead atoms. The van der Waals surface area contributed by atoms with Gasteiger partial charge in [-0.05, 0) is 94.1 Å². The maximum absolute atomic E-state index is 14.4. The Hall–Kier alpha value is -6.78. The zero-order valence-electron chi connectivity index (χ0n) is 32.5. The molecule has 6 nitrogen and oxygen atoms in total. The van der Waals surface area contributed by atoms with E-state index in [1.165, 1.54) is 22.7 Å². The number of thiophene rings is 4. The Balaban J connectivity index is 1.02. The van der Waals surface area contributed by atoms with Crippen LogP contribution in [0.15, 0.2) is 70.9 Å². The molecule has 0 unspecified atom stereocenters. The first-order valence-electron chi connectivity index (χ1n) is 18.7. The molecule has 0 amide bonds. The van der Waals surface area contributed by atoms with Gasteiger partial charge in [-0.15, -0.1) is 45.3 Å². The van der Waals surface area contributed by atoms with Crippen LogP contribution in [-0.2, 0) is 10.8 Å². The number of hydrogen-bond acceptors (Lipinski definition) is 9. The normalized spacial score (nSPS) is 17.8. The molecule has 2 aromatic carbocycles. The highest BCUT2D eigenvalue weighted by molar-refractivity contribution is 7.29. The molecule has 0 aliphatic heterocycles. The fourth-order valence-electron chi connectivity index (χ4n) is 8.86. The summed E-state index contributed by atoms with van der Waals surface area (Å²) in [5.74, 6) is -5.97. The summed E-state index contributed by atoms with van der Waals surface area (Å²) in [7, 11) is 0. The molecule has 0 atom stereocenters. The van der Waals surface area contributed by atoms with Gasteiger partial charge in [-0.2, -0.15) is 10.5 Å². The summed E-state index contributed by atoms with van der Waals surface area (Å²) in [4.78, 5) is 38.2. The first-order valence-corrected chi connectivity index (χ1v) is 22.0. The smallest absolute Gasteiger partial charge is 0.270 e. The lowest BCUT2D eigenvalue weighted by atomic mass is 9.83. The van der Waals surface area contributed by atoms with Crippen molar-refractivity contribution in [1.29, 1.82) is 15.8 Å². The predicted molar refractivity (Wildman–Crippen MR) is 233 cm³/mol. The maximum Gasteiger partial charge on any atom is 0.270 e. The van der Waals surface area contributed by atoms with E-state index in [9.17, 15) is 42.9 Å². The summed E-state index contributed by atoms with van der Waals surface area (Å²) in [6, 6.07) is 17.1. The van der Waals surface area contributed by atoms with Gasteiger partial charge in [-0.1, -0.05) is 27.7 Å². The van der Waals surface area contributed by atoms with Crippen LogP contribution in [0.25, 0.3) is 57.4 Å². The largest absolute Gasteiger partial charge is 0.289 e. The SMILES string of the molecule is [C-]#[N+]/C(C#N)=C1/C(=C/c2cc3c(s2)-c2sc(-c4cc5c(s4)-c4sc(/C=C6\C(=O)c7cc(F)c(F)cc7C6=C(C#N)C#N)cc4C5(C)C)cc2C3(C)C)C(=O)c2cc(F)c(F)cc21. The fourth-order valence-corrected chi connectivity index (χ4v) is 14.4. The van der Waals surface area contributed by atoms with Gasteiger partial charge in [0.2, 0.25) is 0 Å². The minimum absolute atomic E-state index is 0.00408. The van der Waals surface area contributed by atoms with E-state index in [4.69, 9.17) is 6.57 Å². The van der Waals surface area contributed by atoms with Crippen molar-refractivity contribution in [3.05, 3.63) is 160 Å². The number of halogens is 4. The van der Waals surface area contributed by atoms with E-state index in [0.717, 1.165) is 75.8 Å². The summed E-state index contributed by atoms with van der Waals surface area (Å²) in [6.45, 7) is 16.1. The molecule has 0 radical (unpaired) electrons. The molecule has 4 heterocycles. The molecule has 0 saturated carbocycles. The van der Waals surface area contributed by atoms with Crippen molar-refractivity contribution in [2.45, 2.75) is 38.5 Å². The highest BCUT2D eigenvalue weighted by Gasteiger charge is 2.43.